The average molecular weight is 346 g/mol. The lowest BCUT2D eigenvalue weighted by molar-refractivity contribution is 0.0448. The molecule has 3 rings (SSSR count). The highest BCUT2D eigenvalue weighted by molar-refractivity contribution is 5.98. The van der Waals surface area contributed by atoms with Crippen molar-refractivity contribution in [3.8, 4) is 11.8 Å². The van der Waals surface area contributed by atoms with Crippen molar-refractivity contribution < 1.29 is 14.3 Å². The van der Waals surface area contributed by atoms with Crippen LogP contribution in [0.3, 0.4) is 0 Å². The zero-order chi connectivity index (χ0) is 18.5. The van der Waals surface area contributed by atoms with Crippen molar-refractivity contribution in [3.05, 3.63) is 70.9 Å². The van der Waals surface area contributed by atoms with Gasteiger partial charge in [-0.2, -0.15) is 5.26 Å². The lowest BCUT2D eigenvalue weighted by Gasteiger charge is -2.12. The quantitative estimate of drug-likeness (QED) is 0.516. The minimum absolute atomic E-state index is 0.130. The van der Waals surface area contributed by atoms with Crippen LogP contribution < -0.4 is 4.74 Å². The number of rotatable bonds is 5. The van der Waals surface area contributed by atoms with Crippen molar-refractivity contribution in [3.63, 3.8) is 0 Å². The van der Waals surface area contributed by atoms with Crippen LogP contribution in [0.2, 0.25) is 0 Å². The van der Waals surface area contributed by atoms with Gasteiger partial charge in [-0.3, -0.25) is 4.98 Å². The second kappa shape index (κ2) is 7.66. The van der Waals surface area contributed by atoms with E-state index in [4.69, 9.17) is 14.7 Å². The second-order valence-electron chi connectivity index (χ2n) is 5.83. The largest absolute Gasteiger partial charge is 0.490 e. The van der Waals surface area contributed by atoms with E-state index in [0.717, 1.165) is 16.5 Å². The molecule has 0 aliphatic carbocycles. The molecule has 0 saturated heterocycles. The maximum absolute atomic E-state index is 12.5. The van der Waals surface area contributed by atoms with Gasteiger partial charge < -0.3 is 9.47 Å². The van der Waals surface area contributed by atoms with E-state index in [2.05, 4.69) is 4.98 Å². The maximum atomic E-state index is 12.5. The first-order valence-corrected chi connectivity index (χ1v) is 8.26. The molecular weight excluding hydrogens is 328 g/mol. The predicted molar refractivity (Wildman–Crippen MR) is 98.2 cm³/mol. The molecule has 2 aromatic carbocycles. The molecule has 0 N–H and O–H groups in total. The number of para-hydroxylation sites is 1. The highest BCUT2D eigenvalue weighted by Crippen LogP contribution is 2.23. The number of fused-ring (bicyclic) bond motifs is 1. The van der Waals surface area contributed by atoms with E-state index in [1.165, 1.54) is 0 Å². The number of pyridine rings is 1. The number of esters is 1. The van der Waals surface area contributed by atoms with Crippen LogP contribution in [0.5, 0.6) is 5.75 Å². The van der Waals surface area contributed by atoms with E-state index in [9.17, 15) is 4.79 Å². The molecule has 0 fully saturated rings. The van der Waals surface area contributed by atoms with Gasteiger partial charge in [0.1, 0.15) is 19.0 Å². The van der Waals surface area contributed by atoms with Gasteiger partial charge >= 0.3 is 5.97 Å². The van der Waals surface area contributed by atoms with Gasteiger partial charge in [0.25, 0.3) is 0 Å². The van der Waals surface area contributed by atoms with Gasteiger partial charge in [-0.25, -0.2) is 4.79 Å². The smallest absolute Gasteiger partial charge is 0.340 e. The molecule has 0 radical (unpaired) electrons. The third-order valence-electron chi connectivity index (χ3n) is 4.11. The van der Waals surface area contributed by atoms with Crippen LogP contribution in [0.15, 0.2) is 48.5 Å². The first kappa shape index (κ1) is 17.4. The normalized spacial score (nSPS) is 10.3. The fourth-order valence-electron chi connectivity index (χ4n) is 2.82. The Hall–Kier alpha value is -3.39. The van der Waals surface area contributed by atoms with Crippen LogP contribution in [0, 0.1) is 25.2 Å². The summed E-state index contributed by atoms with van der Waals surface area (Å²) >= 11 is 0. The molecule has 0 unspecified atom stereocenters. The van der Waals surface area contributed by atoms with E-state index in [1.54, 1.807) is 24.3 Å². The lowest BCUT2D eigenvalue weighted by atomic mass is 10.0. The summed E-state index contributed by atoms with van der Waals surface area (Å²) in [7, 11) is 0. The molecule has 3 aromatic rings. The number of aryl methyl sites for hydroxylation is 2. The Kier molecular flexibility index (Phi) is 5.14. The summed E-state index contributed by atoms with van der Waals surface area (Å²) in [6.45, 7) is 4.07. The summed E-state index contributed by atoms with van der Waals surface area (Å²) in [6, 6.07) is 16.5. The summed E-state index contributed by atoms with van der Waals surface area (Å²) in [5, 5.41) is 9.71. The third-order valence-corrected chi connectivity index (χ3v) is 4.11. The first-order chi connectivity index (χ1) is 12.6. The molecule has 0 amide bonds. The number of nitrogens with zero attached hydrogens (tertiary/aromatic N) is 2. The fourth-order valence-corrected chi connectivity index (χ4v) is 2.82. The van der Waals surface area contributed by atoms with Crippen LogP contribution in [0.4, 0.5) is 0 Å². The van der Waals surface area contributed by atoms with Gasteiger partial charge in [-0.15, -0.1) is 0 Å². The van der Waals surface area contributed by atoms with Crippen molar-refractivity contribution in [1.82, 2.24) is 4.98 Å². The molecule has 0 aliphatic rings. The molecule has 0 aliphatic heterocycles. The molecule has 0 atom stereocenters. The van der Waals surface area contributed by atoms with Crippen molar-refractivity contribution in [2.24, 2.45) is 0 Å². The van der Waals surface area contributed by atoms with Gasteiger partial charge in [0.2, 0.25) is 0 Å². The summed E-state index contributed by atoms with van der Waals surface area (Å²) in [4.78, 5) is 17.0. The van der Waals surface area contributed by atoms with Gasteiger partial charge in [-0.05, 0) is 49.7 Å². The molecule has 130 valence electrons. The van der Waals surface area contributed by atoms with E-state index in [-0.39, 0.29) is 13.2 Å². The van der Waals surface area contributed by atoms with Gasteiger partial charge in [0.05, 0.1) is 28.4 Å². The average Bonchev–Trinajstić information content (AvgIpc) is 2.66. The summed E-state index contributed by atoms with van der Waals surface area (Å²) in [6.07, 6.45) is 0. The Bertz CT molecular complexity index is 989. The number of aromatic nitrogens is 1. The highest BCUT2D eigenvalue weighted by Gasteiger charge is 2.17. The number of nitriles is 1. The van der Waals surface area contributed by atoms with E-state index >= 15 is 0 Å². The Labute approximate surface area is 151 Å². The molecule has 5 nitrogen and oxygen atoms in total. The van der Waals surface area contributed by atoms with Gasteiger partial charge in [-0.1, -0.05) is 18.2 Å². The second-order valence-corrected chi connectivity index (χ2v) is 5.83. The number of hydrogen-bond acceptors (Lipinski definition) is 5. The lowest BCUT2D eigenvalue weighted by Crippen LogP contribution is -2.15. The first-order valence-electron chi connectivity index (χ1n) is 8.26. The Balaban J connectivity index is 1.63. The van der Waals surface area contributed by atoms with Gasteiger partial charge in [0, 0.05) is 5.39 Å². The zero-order valence-corrected chi connectivity index (χ0v) is 14.7. The van der Waals surface area contributed by atoms with E-state index in [1.807, 2.05) is 44.2 Å². The third kappa shape index (κ3) is 3.65. The Morgan fingerprint density at radius 3 is 2.54 bits per heavy atom. The molecule has 0 saturated carbocycles. The predicted octanol–water partition coefficient (Wildman–Crippen LogP) is 3.96. The fraction of sp³-hybridized carbons (Fsp3) is 0.190. The Morgan fingerprint density at radius 2 is 1.81 bits per heavy atom. The van der Waals surface area contributed by atoms with E-state index < -0.39 is 5.97 Å². The minimum Gasteiger partial charge on any atom is -0.490 e. The number of ether oxygens (including phenoxy) is 2. The molecule has 1 heterocycles. The Morgan fingerprint density at radius 1 is 1.08 bits per heavy atom. The molecule has 5 heteroatoms. The van der Waals surface area contributed by atoms with Crippen molar-refractivity contribution >= 4 is 16.9 Å². The molecule has 26 heavy (non-hydrogen) atoms. The standard InChI is InChI=1S/C21H18N2O3/c1-14-18-5-3-4-6-19(18)23-15(2)20(14)21(24)26-12-11-25-17-9-7-16(13-22)8-10-17/h3-10H,11-12H2,1-2H3. The molecular formula is C21H18N2O3. The summed E-state index contributed by atoms with van der Waals surface area (Å²) in [5.41, 5.74) is 3.45. The molecule has 0 spiro atoms. The SMILES string of the molecule is Cc1nc2ccccc2c(C)c1C(=O)OCCOc1ccc(C#N)cc1. The minimum atomic E-state index is -0.401. The maximum Gasteiger partial charge on any atom is 0.340 e. The van der Waals surface area contributed by atoms with Crippen LogP contribution in [0.1, 0.15) is 27.2 Å². The monoisotopic (exact) mass is 346 g/mol. The van der Waals surface area contributed by atoms with Crippen molar-refractivity contribution in [2.45, 2.75) is 13.8 Å². The zero-order valence-electron chi connectivity index (χ0n) is 14.7. The van der Waals surface area contributed by atoms with Crippen molar-refractivity contribution in [1.29, 1.82) is 5.26 Å². The number of hydrogen-bond donors (Lipinski definition) is 0. The number of carbonyl (C=O) groups is 1. The highest BCUT2D eigenvalue weighted by atomic mass is 16.6. The van der Waals surface area contributed by atoms with Crippen LogP contribution >= 0.6 is 0 Å². The summed E-state index contributed by atoms with van der Waals surface area (Å²) < 4.78 is 10.9. The van der Waals surface area contributed by atoms with Gasteiger partial charge in [0.15, 0.2) is 0 Å². The molecule has 1 aromatic heterocycles. The number of benzene rings is 2. The molecule has 0 bridgehead atoms. The van der Waals surface area contributed by atoms with Crippen molar-refractivity contribution in [2.75, 3.05) is 13.2 Å². The number of carbonyl (C=O) groups excluding carboxylic acids is 1. The topological polar surface area (TPSA) is 72.2 Å². The van der Waals surface area contributed by atoms with Crippen LogP contribution in [0.25, 0.3) is 10.9 Å². The van der Waals surface area contributed by atoms with Crippen LogP contribution in [-0.2, 0) is 4.74 Å². The van der Waals surface area contributed by atoms with Crippen LogP contribution in [-0.4, -0.2) is 24.2 Å². The van der Waals surface area contributed by atoms with E-state index in [0.29, 0.717) is 22.6 Å². The summed E-state index contributed by atoms with van der Waals surface area (Å²) in [5.74, 6) is 0.224.